The minimum atomic E-state index is -0.692. The van der Waals surface area contributed by atoms with E-state index in [9.17, 15) is 10.4 Å². The summed E-state index contributed by atoms with van der Waals surface area (Å²) in [4.78, 5) is 0. The molecule has 2 aliphatic carbocycles. The first-order valence-corrected chi connectivity index (χ1v) is 6.32. The van der Waals surface area contributed by atoms with E-state index in [1.165, 1.54) is 6.42 Å². The third-order valence-electron chi connectivity index (χ3n) is 4.54. The number of hydrogen-bond acceptors (Lipinski definition) is 2. The largest absolute Gasteiger partial charge is 0.388 e. The van der Waals surface area contributed by atoms with Gasteiger partial charge in [0.25, 0.3) is 0 Å². The predicted molar refractivity (Wildman–Crippen MR) is 59.1 cm³/mol. The molecule has 0 radical (unpaired) electrons. The Hall–Kier alpha value is -0.550. The minimum Gasteiger partial charge on any atom is -0.388 e. The van der Waals surface area contributed by atoms with Crippen molar-refractivity contribution in [1.82, 2.24) is 0 Å². The van der Waals surface area contributed by atoms with Crippen LogP contribution in [0, 0.1) is 22.7 Å². The van der Waals surface area contributed by atoms with E-state index in [1.807, 2.05) is 6.92 Å². The van der Waals surface area contributed by atoms with Crippen LogP contribution in [0.1, 0.15) is 58.3 Å². The van der Waals surface area contributed by atoms with Crippen LogP contribution in [0.5, 0.6) is 0 Å². The highest BCUT2D eigenvalue weighted by atomic mass is 16.3. The average Bonchev–Trinajstić information content (AvgIpc) is 3.13. The van der Waals surface area contributed by atoms with Gasteiger partial charge in [-0.15, -0.1) is 0 Å². The van der Waals surface area contributed by atoms with Gasteiger partial charge in [-0.2, -0.15) is 5.26 Å². The Labute approximate surface area is 92.3 Å². The molecule has 0 spiro atoms. The Bertz CT molecular complexity index is 271. The maximum absolute atomic E-state index is 10.8. The van der Waals surface area contributed by atoms with E-state index in [0.29, 0.717) is 5.92 Å². The zero-order valence-corrected chi connectivity index (χ0v) is 9.63. The van der Waals surface area contributed by atoms with Crippen LogP contribution in [0.3, 0.4) is 0 Å². The first kappa shape index (κ1) is 11.0. The van der Waals surface area contributed by atoms with Gasteiger partial charge in [0.15, 0.2) is 0 Å². The molecule has 0 bridgehead atoms. The van der Waals surface area contributed by atoms with Gasteiger partial charge in [-0.25, -0.2) is 0 Å². The molecule has 84 valence electrons. The van der Waals surface area contributed by atoms with Crippen molar-refractivity contribution in [3.05, 3.63) is 0 Å². The smallest absolute Gasteiger partial charge is 0.0862 e. The van der Waals surface area contributed by atoms with Crippen LogP contribution in [0.4, 0.5) is 0 Å². The summed E-state index contributed by atoms with van der Waals surface area (Å²) in [6.45, 7) is 2.03. The number of nitriles is 1. The molecule has 2 nitrogen and oxygen atoms in total. The van der Waals surface area contributed by atoms with Crippen LogP contribution in [0.25, 0.3) is 0 Å². The lowest BCUT2D eigenvalue weighted by molar-refractivity contribution is -0.0928. The zero-order valence-electron chi connectivity index (χ0n) is 9.63. The molecule has 0 aromatic rings. The Balaban J connectivity index is 2.26. The third kappa shape index (κ3) is 1.58. The van der Waals surface area contributed by atoms with E-state index in [1.54, 1.807) is 0 Å². The van der Waals surface area contributed by atoms with Gasteiger partial charge in [0.2, 0.25) is 0 Å². The van der Waals surface area contributed by atoms with E-state index >= 15 is 0 Å². The van der Waals surface area contributed by atoms with E-state index in [0.717, 1.165) is 44.9 Å². The molecule has 0 aliphatic heterocycles. The molecule has 1 atom stereocenters. The van der Waals surface area contributed by atoms with Crippen LogP contribution in [0.2, 0.25) is 0 Å². The summed E-state index contributed by atoms with van der Waals surface area (Å²) in [5.74, 6) is 0.403. The van der Waals surface area contributed by atoms with E-state index in [-0.39, 0.29) is 0 Å². The summed E-state index contributed by atoms with van der Waals surface area (Å²) in [6.07, 6.45) is 8.25. The van der Waals surface area contributed by atoms with Gasteiger partial charge >= 0.3 is 0 Å². The zero-order chi connectivity index (χ0) is 10.9. The first-order valence-electron chi connectivity index (χ1n) is 6.32. The lowest BCUT2D eigenvalue weighted by Crippen LogP contribution is -2.50. The number of aliphatic hydroxyl groups is 1. The summed E-state index contributed by atoms with van der Waals surface area (Å²) >= 11 is 0. The van der Waals surface area contributed by atoms with Gasteiger partial charge in [0, 0.05) is 0 Å². The highest BCUT2D eigenvalue weighted by molar-refractivity contribution is 5.16. The topological polar surface area (TPSA) is 44.0 Å². The molecule has 0 heterocycles. The summed E-state index contributed by atoms with van der Waals surface area (Å²) < 4.78 is 0. The molecule has 2 rings (SSSR count). The lowest BCUT2D eigenvalue weighted by atomic mass is 9.61. The van der Waals surface area contributed by atoms with Gasteiger partial charge in [0.1, 0.15) is 0 Å². The fourth-order valence-corrected chi connectivity index (χ4v) is 3.38. The monoisotopic (exact) mass is 207 g/mol. The molecular weight excluding hydrogens is 186 g/mol. The second-order valence-electron chi connectivity index (χ2n) is 5.31. The van der Waals surface area contributed by atoms with Gasteiger partial charge in [-0.05, 0) is 38.0 Å². The molecule has 0 saturated heterocycles. The maximum Gasteiger partial charge on any atom is 0.0862 e. The van der Waals surface area contributed by atoms with Crippen molar-refractivity contribution in [1.29, 1.82) is 5.26 Å². The molecule has 2 heteroatoms. The fraction of sp³-hybridized carbons (Fsp3) is 0.923. The van der Waals surface area contributed by atoms with Crippen LogP contribution in [0.15, 0.2) is 0 Å². The van der Waals surface area contributed by atoms with Crippen molar-refractivity contribution in [2.45, 2.75) is 63.9 Å². The molecule has 1 unspecified atom stereocenters. The highest BCUT2D eigenvalue weighted by Gasteiger charge is 2.57. The average molecular weight is 207 g/mol. The predicted octanol–water partition coefficient (Wildman–Crippen LogP) is 3.01. The summed E-state index contributed by atoms with van der Waals surface area (Å²) in [5, 5.41) is 20.3. The fourth-order valence-electron chi connectivity index (χ4n) is 3.38. The number of nitrogens with zero attached hydrogens (tertiary/aromatic N) is 1. The summed E-state index contributed by atoms with van der Waals surface area (Å²) in [5.41, 5.74) is -1.12. The van der Waals surface area contributed by atoms with Crippen molar-refractivity contribution < 1.29 is 5.11 Å². The Kier molecular flexibility index (Phi) is 2.77. The molecule has 0 aromatic carbocycles. The summed E-state index contributed by atoms with van der Waals surface area (Å²) in [6, 6.07) is 2.48. The molecule has 0 amide bonds. The molecule has 1 N–H and O–H groups in total. The maximum atomic E-state index is 10.8. The van der Waals surface area contributed by atoms with Gasteiger partial charge in [-0.1, -0.05) is 26.2 Å². The van der Waals surface area contributed by atoms with E-state index < -0.39 is 11.0 Å². The van der Waals surface area contributed by atoms with Crippen molar-refractivity contribution in [2.24, 2.45) is 11.3 Å². The second-order valence-corrected chi connectivity index (χ2v) is 5.31. The lowest BCUT2D eigenvalue weighted by Gasteiger charge is -2.45. The number of hydrogen-bond donors (Lipinski definition) is 1. The van der Waals surface area contributed by atoms with Crippen molar-refractivity contribution in [3.8, 4) is 6.07 Å². The molecule has 2 fully saturated rings. The third-order valence-corrected chi connectivity index (χ3v) is 4.54. The first-order chi connectivity index (χ1) is 7.18. The van der Waals surface area contributed by atoms with Crippen LogP contribution < -0.4 is 0 Å². The van der Waals surface area contributed by atoms with Gasteiger partial charge < -0.3 is 5.11 Å². The van der Waals surface area contributed by atoms with Crippen LogP contribution >= 0.6 is 0 Å². The molecular formula is C13H21NO. The van der Waals surface area contributed by atoms with Crippen molar-refractivity contribution in [2.75, 3.05) is 0 Å². The Morgan fingerprint density at radius 2 is 1.93 bits per heavy atom. The Morgan fingerprint density at radius 3 is 2.33 bits per heavy atom. The normalized spacial score (nSPS) is 29.1. The Morgan fingerprint density at radius 1 is 1.33 bits per heavy atom. The molecule has 15 heavy (non-hydrogen) atoms. The molecule has 2 aliphatic rings. The summed E-state index contributed by atoms with van der Waals surface area (Å²) in [7, 11) is 0. The highest BCUT2D eigenvalue weighted by Crippen LogP contribution is 2.55. The van der Waals surface area contributed by atoms with E-state index in [2.05, 4.69) is 6.07 Å². The van der Waals surface area contributed by atoms with Gasteiger partial charge in [0.05, 0.1) is 17.1 Å². The molecule has 0 aromatic heterocycles. The van der Waals surface area contributed by atoms with Crippen molar-refractivity contribution >= 4 is 0 Å². The van der Waals surface area contributed by atoms with Gasteiger partial charge in [-0.3, -0.25) is 0 Å². The second kappa shape index (κ2) is 3.79. The van der Waals surface area contributed by atoms with E-state index in [4.69, 9.17) is 0 Å². The van der Waals surface area contributed by atoms with Crippen LogP contribution in [-0.2, 0) is 0 Å². The quantitative estimate of drug-likeness (QED) is 0.773. The number of rotatable bonds is 3. The van der Waals surface area contributed by atoms with Crippen LogP contribution in [-0.4, -0.2) is 10.7 Å². The standard InChI is InChI=1S/C13H21NO/c1-2-13(15,11-6-7-11)12(10-14)8-4-3-5-9-12/h11,15H,2-9H2,1H3. The SMILES string of the molecule is CCC(O)(C1CC1)C1(C#N)CCCCC1. The minimum absolute atomic E-state index is 0.403. The van der Waals surface area contributed by atoms with Crippen molar-refractivity contribution in [3.63, 3.8) is 0 Å². The molecule has 2 saturated carbocycles.